The van der Waals surface area contributed by atoms with Crippen LogP contribution in [0.3, 0.4) is 0 Å². The van der Waals surface area contributed by atoms with Gasteiger partial charge in [0, 0.05) is 43.9 Å². The molecule has 2 aromatic heterocycles. The number of anilines is 1. The highest BCUT2D eigenvalue weighted by molar-refractivity contribution is 5.91. The number of aliphatic hydroxyl groups is 1. The van der Waals surface area contributed by atoms with Crippen LogP contribution in [0, 0.1) is 0 Å². The van der Waals surface area contributed by atoms with Gasteiger partial charge in [-0.1, -0.05) is 11.3 Å². The van der Waals surface area contributed by atoms with Crippen molar-refractivity contribution in [2.45, 2.75) is 44.1 Å². The molecule has 1 saturated heterocycles. The molecule has 1 aromatic carbocycles. The van der Waals surface area contributed by atoms with Crippen molar-refractivity contribution in [3.63, 3.8) is 0 Å². The molecule has 1 N–H and O–H groups in total. The molecule has 0 amide bonds. The molecule has 168 valence electrons. The average Bonchev–Trinajstić information content (AvgIpc) is 3.24. The largest absolute Gasteiger partial charge is 0.462 e. The van der Waals surface area contributed by atoms with Crippen LogP contribution < -0.4 is 4.90 Å². The van der Waals surface area contributed by atoms with E-state index in [0.717, 1.165) is 48.6 Å². The van der Waals surface area contributed by atoms with Gasteiger partial charge in [0.1, 0.15) is 5.56 Å². The molecular formula is C23H28N6O3. The number of rotatable bonds is 6. The Kier molecular flexibility index (Phi) is 5.42. The van der Waals surface area contributed by atoms with Crippen molar-refractivity contribution in [3.05, 3.63) is 53.6 Å². The Bertz CT molecular complexity index is 1120. The number of β-amino-alcohol motifs (C(OH)–C–C–N with tert-alkyl or cyclic N) is 1. The number of aromatic nitrogens is 5. The summed E-state index contributed by atoms with van der Waals surface area (Å²) in [5.74, 6) is -0.0318. The van der Waals surface area contributed by atoms with E-state index in [1.165, 1.54) is 0 Å². The fraction of sp³-hybridized carbons (Fsp3) is 0.478. The van der Waals surface area contributed by atoms with E-state index in [2.05, 4.69) is 32.4 Å². The topological polar surface area (TPSA) is 98.3 Å². The first-order valence-electron chi connectivity index (χ1n) is 11.2. The minimum Gasteiger partial charge on any atom is -0.462 e. The van der Waals surface area contributed by atoms with Crippen molar-refractivity contribution in [1.82, 2.24) is 24.8 Å². The van der Waals surface area contributed by atoms with Gasteiger partial charge >= 0.3 is 5.97 Å². The summed E-state index contributed by atoms with van der Waals surface area (Å²) in [5.41, 5.74) is 4.22. The Morgan fingerprint density at radius 1 is 1.28 bits per heavy atom. The van der Waals surface area contributed by atoms with Gasteiger partial charge < -0.3 is 14.7 Å². The second-order valence-corrected chi connectivity index (χ2v) is 8.60. The molecule has 1 aliphatic heterocycles. The number of aliphatic hydroxyl groups excluding tert-OH is 1. The second kappa shape index (κ2) is 8.38. The molecule has 0 radical (unpaired) electrons. The highest BCUT2D eigenvalue weighted by Gasteiger charge is 2.46. The minimum absolute atomic E-state index is 0.120. The number of ether oxygens (including phenoxy) is 1. The SMILES string of the molecule is CCOC(=O)c1cnn(-c2cccc(N3CCCC(O)C3)c2)c1[C@@H]1C[C@H]1c1cn(C)nn1. The molecule has 0 spiro atoms. The molecule has 2 aliphatic rings. The first-order chi connectivity index (χ1) is 15.5. The summed E-state index contributed by atoms with van der Waals surface area (Å²) in [5, 5.41) is 23.0. The van der Waals surface area contributed by atoms with Gasteiger partial charge in [-0.15, -0.1) is 5.10 Å². The van der Waals surface area contributed by atoms with Gasteiger partial charge in [0.15, 0.2) is 0 Å². The average molecular weight is 437 g/mol. The molecular weight excluding hydrogens is 408 g/mol. The van der Waals surface area contributed by atoms with Crippen LogP contribution >= 0.6 is 0 Å². The summed E-state index contributed by atoms with van der Waals surface area (Å²) in [6, 6.07) is 8.11. The van der Waals surface area contributed by atoms with E-state index >= 15 is 0 Å². The summed E-state index contributed by atoms with van der Waals surface area (Å²) in [7, 11) is 1.85. The van der Waals surface area contributed by atoms with Crippen molar-refractivity contribution >= 4 is 11.7 Å². The highest BCUT2D eigenvalue weighted by atomic mass is 16.5. The molecule has 9 heteroatoms. The zero-order valence-electron chi connectivity index (χ0n) is 18.4. The zero-order valence-corrected chi connectivity index (χ0v) is 18.4. The molecule has 2 fully saturated rings. The van der Waals surface area contributed by atoms with Crippen LogP contribution in [0.5, 0.6) is 0 Å². The number of aryl methyl sites for hydroxylation is 1. The lowest BCUT2D eigenvalue weighted by molar-refractivity contribution is 0.0525. The fourth-order valence-corrected chi connectivity index (χ4v) is 4.66. The van der Waals surface area contributed by atoms with Crippen LogP contribution in [0.15, 0.2) is 36.7 Å². The van der Waals surface area contributed by atoms with E-state index in [1.54, 1.807) is 17.8 Å². The number of hydrogen-bond acceptors (Lipinski definition) is 7. The van der Waals surface area contributed by atoms with Crippen LogP contribution in [0.4, 0.5) is 5.69 Å². The maximum absolute atomic E-state index is 12.7. The first-order valence-corrected chi connectivity index (χ1v) is 11.2. The van der Waals surface area contributed by atoms with Crippen molar-refractivity contribution in [1.29, 1.82) is 0 Å². The third-order valence-corrected chi connectivity index (χ3v) is 6.28. The predicted molar refractivity (Wildman–Crippen MR) is 118 cm³/mol. The molecule has 1 aliphatic carbocycles. The fourth-order valence-electron chi connectivity index (χ4n) is 4.66. The van der Waals surface area contributed by atoms with Crippen LogP contribution in [0.1, 0.15) is 59.8 Å². The van der Waals surface area contributed by atoms with Crippen LogP contribution in [0.2, 0.25) is 0 Å². The maximum Gasteiger partial charge on any atom is 0.341 e. The van der Waals surface area contributed by atoms with Crippen molar-refractivity contribution in [2.75, 3.05) is 24.6 Å². The van der Waals surface area contributed by atoms with Crippen molar-refractivity contribution < 1.29 is 14.6 Å². The molecule has 1 saturated carbocycles. The van der Waals surface area contributed by atoms with E-state index in [1.807, 2.05) is 30.1 Å². The molecule has 32 heavy (non-hydrogen) atoms. The van der Waals surface area contributed by atoms with Gasteiger partial charge in [-0.2, -0.15) is 5.10 Å². The van der Waals surface area contributed by atoms with E-state index in [9.17, 15) is 9.90 Å². The number of carbonyl (C=O) groups excluding carboxylic acids is 1. The number of piperidine rings is 1. The quantitative estimate of drug-likeness (QED) is 0.593. The van der Waals surface area contributed by atoms with Crippen LogP contribution in [-0.4, -0.2) is 61.7 Å². The van der Waals surface area contributed by atoms with E-state index < -0.39 is 0 Å². The maximum atomic E-state index is 12.7. The summed E-state index contributed by atoms with van der Waals surface area (Å²) in [6.07, 6.45) is 5.92. The standard InChI is InChI=1S/C23H28N6O3/c1-3-32-23(31)20-12-24-29(22(20)19-11-18(19)21-14-27(2)26-25-21)16-7-4-6-15(10-16)28-9-5-8-17(30)13-28/h4,6-7,10,12,14,17-19,30H,3,5,8-9,11,13H2,1-2H3/t17?,18-,19-/m1/s1. The van der Waals surface area contributed by atoms with Crippen LogP contribution in [-0.2, 0) is 11.8 Å². The van der Waals surface area contributed by atoms with Crippen molar-refractivity contribution in [2.24, 2.45) is 7.05 Å². The van der Waals surface area contributed by atoms with Gasteiger partial charge in [-0.3, -0.25) is 4.68 Å². The number of hydrogen-bond donors (Lipinski definition) is 1. The molecule has 3 heterocycles. The van der Waals surface area contributed by atoms with Gasteiger partial charge in [-0.05, 0) is 44.4 Å². The molecule has 5 rings (SSSR count). The van der Waals surface area contributed by atoms with Gasteiger partial charge in [0.05, 0.1) is 36.0 Å². The summed E-state index contributed by atoms with van der Waals surface area (Å²) >= 11 is 0. The number of carbonyl (C=O) groups is 1. The second-order valence-electron chi connectivity index (χ2n) is 8.60. The summed E-state index contributed by atoms with van der Waals surface area (Å²) in [4.78, 5) is 14.9. The summed E-state index contributed by atoms with van der Waals surface area (Å²) < 4.78 is 8.87. The number of benzene rings is 1. The third kappa shape index (κ3) is 3.88. The van der Waals surface area contributed by atoms with Crippen LogP contribution in [0.25, 0.3) is 5.69 Å². The first kappa shape index (κ1) is 20.7. The molecule has 3 aromatic rings. The Morgan fingerprint density at radius 3 is 2.88 bits per heavy atom. The lowest BCUT2D eigenvalue weighted by Crippen LogP contribution is -2.38. The molecule has 9 nitrogen and oxygen atoms in total. The zero-order chi connectivity index (χ0) is 22.2. The Hall–Kier alpha value is -3.20. The van der Waals surface area contributed by atoms with Gasteiger partial charge in [0.2, 0.25) is 0 Å². The Balaban J connectivity index is 1.51. The molecule has 0 bridgehead atoms. The van der Waals surface area contributed by atoms with Gasteiger partial charge in [-0.25, -0.2) is 9.48 Å². The smallest absolute Gasteiger partial charge is 0.341 e. The number of esters is 1. The van der Waals surface area contributed by atoms with Crippen molar-refractivity contribution in [3.8, 4) is 5.69 Å². The normalized spacial score (nSPS) is 22.7. The minimum atomic E-state index is -0.353. The van der Waals surface area contributed by atoms with E-state index in [4.69, 9.17) is 4.74 Å². The van der Waals surface area contributed by atoms with E-state index in [-0.39, 0.29) is 23.9 Å². The monoisotopic (exact) mass is 436 g/mol. The Labute approximate surface area is 186 Å². The lowest BCUT2D eigenvalue weighted by atomic mass is 10.1. The Morgan fingerprint density at radius 2 is 2.12 bits per heavy atom. The summed E-state index contributed by atoms with van der Waals surface area (Å²) in [6.45, 7) is 3.66. The van der Waals surface area contributed by atoms with Gasteiger partial charge in [0.25, 0.3) is 0 Å². The predicted octanol–water partition coefficient (Wildman–Crippen LogP) is 2.41. The molecule has 1 unspecified atom stereocenters. The number of nitrogens with zero attached hydrogens (tertiary/aromatic N) is 6. The third-order valence-electron chi connectivity index (χ3n) is 6.28. The van der Waals surface area contributed by atoms with E-state index in [0.29, 0.717) is 18.7 Å². The molecule has 3 atom stereocenters. The lowest BCUT2D eigenvalue weighted by Gasteiger charge is -2.32. The highest BCUT2D eigenvalue weighted by Crippen LogP contribution is 2.55.